The van der Waals surface area contributed by atoms with E-state index < -0.39 is 0 Å². The van der Waals surface area contributed by atoms with Gasteiger partial charge in [-0.05, 0) is 30.9 Å². The first-order valence-electron chi connectivity index (χ1n) is 10.6. The lowest BCUT2D eigenvalue weighted by Crippen LogP contribution is -2.48. The molecule has 0 unspecified atom stereocenters. The largest absolute Gasteiger partial charge is 0.496 e. The first-order chi connectivity index (χ1) is 14.2. The Hall–Kier alpha value is -2.38. The summed E-state index contributed by atoms with van der Waals surface area (Å²) in [4.78, 5) is 19.7. The summed E-state index contributed by atoms with van der Waals surface area (Å²) in [7, 11) is 1.72. The Labute approximate surface area is 171 Å². The molecular formula is C22H28N4O3. The molecule has 4 heterocycles. The highest BCUT2D eigenvalue weighted by Crippen LogP contribution is 2.45. The van der Waals surface area contributed by atoms with Crippen molar-refractivity contribution in [1.82, 2.24) is 19.8 Å². The third kappa shape index (κ3) is 3.22. The Bertz CT molecular complexity index is 877. The van der Waals surface area contributed by atoms with Crippen LogP contribution in [0.2, 0.25) is 0 Å². The number of aromatic nitrogens is 2. The van der Waals surface area contributed by atoms with Gasteiger partial charge in [0.05, 0.1) is 13.7 Å². The Kier molecular flexibility index (Phi) is 4.80. The first-order valence-corrected chi connectivity index (χ1v) is 10.6. The highest BCUT2D eigenvalue weighted by Gasteiger charge is 2.44. The molecule has 1 spiro atoms. The first kappa shape index (κ1) is 18.6. The molecule has 1 N–H and O–H groups in total. The average Bonchev–Trinajstić information content (AvgIpc) is 3.04. The van der Waals surface area contributed by atoms with Crippen molar-refractivity contribution in [2.75, 3.05) is 39.9 Å². The zero-order valence-electron chi connectivity index (χ0n) is 16.9. The van der Waals surface area contributed by atoms with Crippen LogP contribution in [0.4, 0.5) is 0 Å². The molecule has 1 fully saturated rings. The van der Waals surface area contributed by atoms with E-state index in [1.54, 1.807) is 7.11 Å². The smallest absolute Gasteiger partial charge is 0.274 e. The summed E-state index contributed by atoms with van der Waals surface area (Å²) in [5, 5.41) is 3.36. The van der Waals surface area contributed by atoms with E-state index in [0.717, 1.165) is 63.5 Å². The van der Waals surface area contributed by atoms with Crippen LogP contribution in [0.25, 0.3) is 0 Å². The predicted molar refractivity (Wildman–Crippen MR) is 108 cm³/mol. The minimum atomic E-state index is -0.353. The Morgan fingerprint density at radius 2 is 2.07 bits per heavy atom. The van der Waals surface area contributed by atoms with Gasteiger partial charge < -0.3 is 24.3 Å². The fourth-order valence-corrected chi connectivity index (χ4v) is 5.00. The SMILES string of the molecule is COc1cccc2c1C1(CCN(C(=O)c3cn4c(n3)CCNCC4)CC1)OCC2. The van der Waals surface area contributed by atoms with Gasteiger partial charge in [0.15, 0.2) is 0 Å². The molecule has 1 saturated heterocycles. The second-order valence-electron chi connectivity index (χ2n) is 8.12. The van der Waals surface area contributed by atoms with Gasteiger partial charge >= 0.3 is 0 Å². The lowest BCUT2D eigenvalue weighted by Gasteiger charge is -2.45. The van der Waals surface area contributed by atoms with E-state index in [1.807, 2.05) is 23.2 Å². The minimum absolute atomic E-state index is 0.0319. The summed E-state index contributed by atoms with van der Waals surface area (Å²) >= 11 is 0. The number of hydrogen-bond acceptors (Lipinski definition) is 5. The summed E-state index contributed by atoms with van der Waals surface area (Å²) in [6.07, 6.45) is 5.25. The van der Waals surface area contributed by atoms with E-state index in [-0.39, 0.29) is 11.5 Å². The van der Waals surface area contributed by atoms with Crippen LogP contribution in [0.1, 0.15) is 40.3 Å². The number of benzene rings is 1. The van der Waals surface area contributed by atoms with Gasteiger partial charge in [0, 0.05) is 50.9 Å². The number of amides is 1. The molecule has 1 amide bonds. The predicted octanol–water partition coefficient (Wildman–Crippen LogP) is 1.74. The van der Waals surface area contributed by atoms with E-state index in [4.69, 9.17) is 9.47 Å². The van der Waals surface area contributed by atoms with Crippen molar-refractivity contribution >= 4 is 5.91 Å². The summed E-state index contributed by atoms with van der Waals surface area (Å²) in [6.45, 7) is 4.75. The van der Waals surface area contributed by atoms with E-state index in [1.165, 1.54) is 11.1 Å². The van der Waals surface area contributed by atoms with Crippen molar-refractivity contribution in [1.29, 1.82) is 0 Å². The van der Waals surface area contributed by atoms with Crippen LogP contribution in [0, 0.1) is 0 Å². The molecular weight excluding hydrogens is 368 g/mol. The number of carbonyl (C=O) groups is 1. The number of piperidine rings is 1. The van der Waals surface area contributed by atoms with Crippen LogP contribution in [-0.4, -0.2) is 60.3 Å². The minimum Gasteiger partial charge on any atom is -0.496 e. The van der Waals surface area contributed by atoms with Crippen LogP contribution in [-0.2, 0) is 29.7 Å². The van der Waals surface area contributed by atoms with E-state index in [9.17, 15) is 4.79 Å². The van der Waals surface area contributed by atoms with Crippen LogP contribution in [0.15, 0.2) is 24.4 Å². The number of imidazole rings is 1. The molecule has 7 nitrogen and oxygen atoms in total. The van der Waals surface area contributed by atoms with E-state index >= 15 is 0 Å². The standard InChI is InChI=1S/C22H28N4O3/c1-28-18-4-2-3-16-6-14-29-22(20(16)18)7-11-25(12-8-22)21(27)17-15-26-13-10-23-9-5-19(26)24-17/h2-4,15,23H,5-14H2,1H3. The maximum Gasteiger partial charge on any atom is 0.274 e. The Morgan fingerprint density at radius 3 is 2.90 bits per heavy atom. The number of nitrogens with one attached hydrogen (secondary N) is 1. The van der Waals surface area contributed by atoms with E-state index in [2.05, 4.69) is 20.9 Å². The second-order valence-corrected chi connectivity index (χ2v) is 8.12. The van der Waals surface area contributed by atoms with Crippen molar-refractivity contribution in [2.24, 2.45) is 0 Å². The molecule has 29 heavy (non-hydrogen) atoms. The molecule has 1 aromatic carbocycles. The van der Waals surface area contributed by atoms with Gasteiger partial charge in [0.1, 0.15) is 22.9 Å². The summed E-state index contributed by atoms with van der Waals surface area (Å²) in [6, 6.07) is 6.24. The Balaban J connectivity index is 1.35. The van der Waals surface area contributed by atoms with Crippen LogP contribution >= 0.6 is 0 Å². The van der Waals surface area contributed by atoms with Crippen LogP contribution < -0.4 is 10.1 Å². The number of hydrogen-bond donors (Lipinski definition) is 1. The van der Waals surface area contributed by atoms with Gasteiger partial charge in [-0.3, -0.25) is 4.79 Å². The lowest BCUT2D eigenvalue weighted by molar-refractivity contribution is -0.0947. The zero-order chi connectivity index (χ0) is 19.8. The maximum absolute atomic E-state index is 13.1. The maximum atomic E-state index is 13.1. The van der Waals surface area contributed by atoms with Gasteiger partial charge in [-0.2, -0.15) is 0 Å². The third-order valence-corrected chi connectivity index (χ3v) is 6.53. The van der Waals surface area contributed by atoms with Gasteiger partial charge in [-0.15, -0.1) is 0 Å². The number of ether oxygens (including phenoxy) is 2. The summed E-state index contributed by atoms with van der Waals surface area (Å²) < 4.78 is 14.1. The highest BCUT2D eigenvalue weighted by atomic mass is 16.5. The molecule has 1 aromatic heterocycles. The van der Waals surface area contributed by atoms with Gasteiger partial charge in [0.25, 0.3) is 5.91 Å². The van der Waals surface area contributed by atoms with Crippen molar-refractivity contribution in [3.63, 3.8) is 0 Å². The lowest BCUT2D eigenvalue weighted by atomic mass is 9.78. The molecule has 0 atom stereocenters. The molecule has 0 radical (unpaired) electrons. The number of rotatable bonds is 2. The van der Waals surface area contributed by atoms with Crippen molar-refractivity contribution in [2.45, 2.75) is 37.8 Å². The van der Waals surface area contributed by atoms with Crippen LogP contribution in [0.5, 0.6) is 5.75 Å². The molecule has 5 rings (SSSR count). The average molecular weight is 396 g/mol. The molecule has 3 aliphatic heterocycles. The zero-order valence-corrected chi connectivity index (χ0v) is 16.9. The normalized spacial score (nSPS) is 20.7. The van der Waals surface area contributed by atoms with Gasteiger partial charge in [-0.1, -0.05) is 12.1 Å². The molecule has 0 aliphatic carbocycles. The van der Waals surface area contributed by atoms with Crippen molar-refractivity contribution in [3.8, 4) is 5.75 Å². The number of likely N-dealkylation sites (tertiary alicyclic amines) is 1. The molecule has 3 aliphatic rings. The fraction of sp³-hybridized carbons (Fsp3) is 0.545. The fourth-order valence-electron chi connectivity index (χ4n) is 5.00. The Morgan fingerprint density at radius 1 is 1.21 bits per heavy atom. The quantitative estimate of drug-likeness (QED) is 0.838. The topological polar surface area (TPSA) is 68.6 Å². The van der Waals surface area contributed by atoms with E-state index in [0.29, 0.717) is 18.8 Å². The van der Waals surface area contributed by atoms with Gasteiger partial charge in [-0.25, -0.2) is 4.98 Å². The molecule has 7 heteroatoms. The third-order valence-electron chi connectivity index (χ3n) is 6.53. The monoisotopic (exact) mass is 396 g/mol. The second kappa shape index (κ2) is 7.46. The highest BCUT2D eigenvalue weighted by molar-refractivity contribution is 5.92. The number of methoxy groups -OCH3 is 1. The van der Waals surface area contributed by atoms with Gasteiger partial charge in [0.2, 0.25) is 0 Å². The summed E-state index contributed by atoms with van der Waals surface area (Å²) in [5.41, 5.74) is 2.71. The molecule has 0 bridgehead atoms. The molecule has 2 aromatic rings. The summed E-state index contributed by atoms with van der Waals surface area (Å²) in [5.74, 6) is 1.93. The molecule has 0 saturated carbocycles. The van der Waals surface area contributed by atoms with Crippen LogP contribution in [0.3, 0.4) is 0 Å². The van der Waals surface area contributed by atoms with Crippen molar-refractivity contribution in [3.05, 3.63) is 47.0 Å². The number of nitrogens with zero attached hydrogens (tertiary/aromatic N) is 3. The number of fused-ring (bicyclic) bond motifs is 3. The number of carbonyl (C=O) groups excluding carboxylic acids is 1. The van der Waals surface area contributed by atoms with Crippen molar-refractivity contribution < 1.29 is 14.3 Å². The molecule has 154 valence electrons.